The summed E-state index contributed by atoms with van der Waals surface area (Å²) in [5.74, 6) is -2.42. The van der Waals surface area contributed by atoms with Crippen LogP contribution in [0.1, 0.15) is 10.4 Å². The lowest BCUT2D eigenvalue weighted by atomic mass is 10.2. The standard InChI is InChI=1S/C18H12F4N6O4/c19-11-3-1-10(2-4-11)17(29)27-26-16-14(28(30)31)15(23-9-24-16)25-12-5-7-13(8-6-12)32-18(20,21)22/h1-9H,(H,27,29)(H2,23,24,25,26). The SMILES string of the molecule is O=C(NNc1ncnc(Nc2ccc(OC(F)(F)F)cc2)c1[N+](=O)[O-])c1ccc(F)cc1. The summed E-state index contributed by atoms with van der Waals surface area (Å²) in [6.07, 6.45) is -3.90. The lowest BCUT2D eigenvalue weighted by Crippen LogP contribution is -2.30. The van der Waals surface area contributed by atoms with Gasteiger partial charge >= 0.3 is 12.0 Å². The number of aromatic nitrogens is 2. The number of hydrogen-bond donors (Lipinski definition) is 3. The summed E-state index contributed by atoms with van der Waals surface area (Å²) in [6.45, 7) is 0. The molecule has 3 rings (SSSR count). The van der Waals surface area contributed by atoms with Crippen molar-refractivity contribution in [2.24, 2.45) is 0 Å². The topological polar surface area (TPSA) is 131 Å². The molecule has 0 aliphatic rings. The Morgan fingerprint density at radius 1 is 1.00 bits per heavy atom. The van der Waals surface area contributed by atoms with Gasteiger partial charge in [0.1, 0.15) is 17.9 Å². The molecule has 166 valence electrons. The molecule has 0 saturated carbocycles. The van der Waals surface area contributed by atoms with Gasteiger partial charge in [0.25, 0.3) is 5.91 Å². The van der Waals surface area contributed by atoms with Crippen molar-refractivity contribution < 1.29 is 32.0 Å². The third kappa shape index (κ3) is 5.78. The van der Waals surface area contributed by atoms with E-state index in [9.17, 15) is 32.5 Å². The molecule has 1 amide bonds. The fourth-order valence-electron chi connectivity index (χ4n) is 2.40. The third-order valence-electron chi connectivity index (χ3n) is 3.76. The van der Waals surface area contributed by atoms with Gasteiger partial charge in [-0.25, -0.2) is 14.4 Å². The van der Waals surface area contributed by atoms with Crippen LogP contribution in [0.3, 0.4) is 0 Å². The first kappa shape index (κ1) is 22.2. The van der Waals surface area contributed by atoms with Crippen LogP contribution in [0, 0.1) is 15.9 Å². The molecule has 10 nitrogen and oxygen atoms in total. The van der Waals surface area contributed by atoms with Gasteiger partial charge in [0.2, 0.25) is 11.6 Å². The number of amides is 1. The predicted molar refractivity (Wildman–Crippen MR) is 103 cm³/mol. The number of carbonyl (C=O) groups excluding carboxylic acids is 1. The van der Waals surface area contributed by atoms with E-state index in [1.807, 2.05) is 0 Å². The number of rotatable bonds is 7. The maximum Gasteiger partial charge on any atom is 0.573 e. The minimum Gasteiger partial charge on any atom is -0.406 e. The van der Waals surface area contributed by atoms with Gasteiger partial charge in [0.15, 0.2) is 0 Å². The molecule has 1 heterocycles. The van der Waals surface area contributed by atoms with Gasteiger partial charge in [-0.1, -0.05) is 0 Å². The highest BCUT2D eigenvalue weighted by atomic mass is 19.4. The molecule has 32 heavy (non-hydrogen) atoms. The second-order valence-corrected chi connectivity index (χ2v) is 5.96. The number of nitrogens with one attached hydrogen (secondary N) is 3. The van der Waals surface area contributed by atoms with Crippen LogP contribution in [0.4, 0.5) is 40.6 Å². The fourth-order valence-corrected chi connectivity index (χ4v) is 2.40. The number of alkyl halides is 3. The second-order valence-electron chi connectivity index (χ2n) is 5.96. The van der Waals surface area contributed by atoms with E-state index in [0.717, 1.165) is 30.6 Å². The quantitative estimate of drug-likeness (QED) is 0.279. The van der Waals surface area contributed by atoms with Crippen LogP contribution in [-0.2, 0) is 0 Å². The van der Waals surface area contributed by atoms with E-state index < -0.39 is 34.4 Å². The average Bonchev–Trinajstić information content (AvgIpc) is 2.72. The Balaban J connectivity index is 1.76. The van der Waals surface area contributed by atoms with Crippen LogP contribution in [0.15, 0.2) is 54.9 Å². The fraction of sp³-hybridized carbons (Fsp3) is 0.0556. The van der Waals surface area contributed by atoms with Crippen LogP contribution in [0.2, 0.25) is 0 Å². The van der Waals surface area contributed by atoms with Gasteiger partial charge in [-0.15, -0.1) is 13.2 Å². The molecule has 0 fully saturated rings. The molecule has 3 N–H and O–H groups in total. The van der Waals surface area contributed by atoms with E-state index in [4.69, 9.17) is 0 Å². The van der Waals surface area contributed by atoms with Gasteiger partial charge in [-0.05, 0) is 48.5 Å². The maximum absolute atomic E-state index is 13.0. The smallest absolute Gasteiger partial charge is 0.406 e. The zero-order valence-corrected chi connectivity index (χ0v) is 15.7. The summed E-state index contributed by atoms with van der Waals surface area (Å²) in [6, 6.07) is 8.94. The Bertz CT molecular complexity index is 1120. The Kier molecular flexibility index (Phi) is 6.32. The highest BCUT2D eigenvalue weighted by Gasteiger charge is 2.31. The van der Waals surface area contributed by atoms with Crippen LogP contribution in [0.25, 0.3) is 0 Å². The second kappa shape index (κ2) is 9.11. The van der Waals surface area contributed by atoms with E-state index >= 15 is 0 Å². The zero-order valence-electron chi connectivity index (χ0n) is 15.7. The molecule has 0 aliphatic heterocycles. The van der Waals surface area contributed by atoms with E-state index in [1.54, 1.807) is 0 Å². The summed E-state index contributed by atoms with van der Waals surface area (Å²) in [4.78, 5) is 30.3. The monoisotopic (exact) mass is 452 g/mol. The van der Waals surface area contributed by atoms with Crippen molar-refractivity contribution in [3.8, 4) is 5.75 Å². The molecule has 0 atom stereocenters. The molecule has 0 aliphatic carbocycles. The number of carbonyl (C=O) groups is 1. The molecule has 0 unspecified atom stereocenters. The molecule has 3 aromatic rings. The molecule has 0 saturated heterocycles. The first-order valence-corrected chi connectivity index (χ1v) is 8.56. The van der Waals surface area contributed by atoms with Crippen LogP contribution < -0.4 is 20.9 Å². The number of hydrazine groups is 1. The summed E-state index contributed by atoms with van der Waals surface area (Å²) in [5, 5.41) is 14.1. The number of nitro groups is 1. The molecule has 0 radical (unpaired) electrons. The Labute approximate surface area is 176 Å². The largest absolute Gasteiger partial charge is 0.573 e. The number of hydrogen-bond acceptors (Lipinski definition) is 8. The summed E-state index contributed by atoms with van der Waals surface area (Å²) in [5.41, 5.74) is 4.09. The van der Waals surface area contributed by atoms with Crippen molar-refractivity contribution in [1.29, 1.82) is 0 Å². The van der Waals surface area contributed by atoms with Crippen LogP contribution in [-0.4, -0.2) is 27.2 Å². The average molecular weight is 452 g/mol. The Morgan fingerprint density at radius 3 is 2.22 bits per heavy atom. The van der Waals surface area contributed by atoms with Crippen molar-refractivity contribution in [2.45, 2.75) is 6.36 Å². The minimum absolute atomic E-state index is 0.0788. The summed E-state index contributed by atoms with van der Waals surface area (Å²) >= 11 is 0. The van der Waals surface area contributed by atoms with Gasteiger partial charge < -0.3 is 10.1 Å². The van der Waals surface area contributed by atoms with Gasteiger partial charge in [0.05, 0.1) is 4.92 Å². The van der Waals surface area contributed by atoms with E-state index in [2.05, 4.69) is 30.9 Å². The molecule has 0 bridgehead atoms. The molecule has 14 heteroatoms. The number of halogens is 4. The molecular weight excluding hydrogens is 440 g/mol. The number of nitrogens with zero attached hydrogens (tertiary/aromatic N) is 3. The van der Waals surface area contributed by atoms with Crippen LogP contribution >= 0.6 is 0 Å². The lowest BCUT2D eigenvalue weighted by Gasteiger charge is -2.12. The normalized spacial score (nSPS) is 10.9. The van der Waals surface area contributed by atoms with E-state index in [-0.39, 0.29) is 22.9 Å². The maximum atomic E-state index is 13.0. The number of anilines is 3. The zero-order chi connectivity index (χ0) is 23.3. The first-order chi connectivity index (χ1) is 15.1. The summed E-state index contributed by atoms with van der Waals surface area (Å²) < 4.78 is 53.5. The van der Waals surface area contributed by atoms with Crippen molar-refractivity contribution in [2.75, 3.05) is 10.7 Å². The molecular formula is C18H12F4N6O4. The Hall–Kier alpha value is -4.49. The van der Waals surface area contributed by atoms with Gasteiger partial charge in [0, 0.05) is 11.3 Å². The van der Waals surface area contributed by atoms with Gasteiger partial charge in [-0.3, -0.25) is 25.8 Å². The minimum atomic E-state index is -4.86. The summed E-state index contributed by atoms with van der Waals surface area (Å²) in [7, 11) is 0. The molecule has 2 aromatic carbocycles. The highest BCUT2D eigenvalue weighted by molar-refractivity contribution is 5.95. The van der Waals surface area contributed by atoms with Crippen molar-refractivity contribution >= 4 is 28.9 Å². The number of benzene rings is 2. The molecule has 1 aromatic heterocycles. The van der Waals surface area contributed by atoms with E-state index in [0.29, 0.717) is 0 Å². The molecule has 0 spiro atoms. The lowest BCUT2D eigenvalue weighted by molar-refractivity contribution is -0.383. The van der Waals surface area contributed by atoms with Crippen LogP contribution in [0.5, 0.6) is 5.75 Å². The predicted octanol–water partition coefficient (Wildman–Crippen LogP) is 3.92. The van der Waals surface area contributed by atoms with Crippen molar-refractivity contribution in [1.82, 2.24) is 15.4 Å². The first-order valence-electron chi connectivity index (χ1n) is 8.56. The van der Waals surface area contributed by atoms with Crippen molar-refractivity contribution in [3.63, 3.8) is 0 Å². The number of ether oxygens (including phenoxy) is 1. The van der Waals surface area contributed by atoms with E-state index in [1.165, 1.54) is 24.3 Å². The highest BCUT2D eigenvalue weighted by Crippen LogP contribution is 2.31. The third-order valence-corrected chi connectivity index (χ3v) is 3.76. The van der Waals surface area contributed by atoms with Crippen molar-refractivity contribution in [3.05, 3.63) is 76.4 Å². The van der Waals surface area contributed by atoms with Gasteiger partial charge in [-0.2, -0.15) is 0 Å². The Morgan fingerprint density at radius 2 is 1.62 bits per heavy atom.